The Morgan fingerprint density at radius 1 is 1.28 bits per heavy atom. The minimum Gasteiger partial charge on any atom is -0.473 e. The molecule has 7 nitrogen and oxygen atoms in total. The number of benzene rings is 1. The number of carbonyl (C=O) groups is 1. The number of nitrogens with one attached hydrogen (secondary N) is 3. The van der Waals surface area contributed by atoms with E-state index in [1.807, 2.05) is 30.1 Å². The number of anilines is 1. The molecule has 0 radical (unpaired) electrons. The van der Waals surface area contributed by atoms with Gasteiger partial charge in [-0.15, -0.1) is 0 Å². The van der Waals surface area contributed by atoms with Gasteiger partial charge in [-0.05, 0) is 37.5 Å². The summed E-state index contributed by atoms with van der Waals surface area (Å²) >= 11 is 0. The molecule has 0 aliphatic heterocycles. The Morgan fingerprint density at radius 2 is 2.04 bits per heavy atom. The van der Waals surface area contributed by atoms with Crippen molar-refractivity contribution in [1.82, 2.24) is 15.9 Å². The van der Waals surface area contributed by atoms with Gasteiger partial charge in [0, 0.05) is 36.0 Å². The van der Waals surface area contributed by atoms with Gasteiger partial charge >= 0.3 is 0 Å². The van der Waals surface area contributed by atoms with Crippen LogP contribution in [0, 0.1) is 6.92 Å². The van der Waals surface area contributed by atoms with E-state index in [4.69, 9.17) is 9.53 Å². The molecule has 0 spiro atoms. The highest BCUT2D eigenvalue weighted by Gasteiger charge is 2.25. The van der Waals surface area contributed by atoms with Crippen LogP contribution in [0.3, 0.4) is 0 Å². The SMILES string of the molecule is CNc1cccc(C)c1COc1cccc(C2CC2)n1.NNNC=O. The van der Waals surface area contributed by atoms with Crippen LogP contribution < -0.4 is 26.9 Å². The van der Waals surface area contributed by atoms with Gasteiger partial charge in [0.25, 0.3) is 0 Å². The highest BCUT2D eigenvalue weighted by atomic mass is 16.5. The van der Waals surface area contributed by atoms with E-state index >= 15 is 0 Å². The summed E-state index contributed by atoms with van der Waals surface area (Å²) < 4.78 is 5.88. The molecule has 1 heterocycles. The lowest BCUT2D eigenvalue weighted by atomic mass is 10.1. The first-order valence-electron chi connectivity index (χ1n) is 8.20. The summed E-state index contributed by atoms with van der Waals surface area (Å²) in [6.45, 7) is 2.65. The van der Waals surface area contributed by atoms with E-state index in [0.717, 1.165) is 11.6 Å². The zero-order valence-electron chi connectivity index (χ0n) is 14.6. The van der Waals surface area contributed by atoms with Crippen LogP contribution in [-0.4, -0.2) is 18.4 Å². The number of pyridine rings is 1. The first-order chi connectivity index (χ1) is 12.2. The minimum atomic E-state index is 0.444. The fourth-order valence-electron chi connectivity index (χ4n) is 2.43. The fraction of sp³-hybridized carbons (Fsp3) is 0.333. The van der Waals surface area contributed by atoms with E-state index in [9.17, 15) is 0 Å². The van der Waals surface area contributed by atoms with Crippen molar-refractivity contribution in [1.29, 1.82) is 0 Å². The topological polar surface area (TPSA) is 101 Å². The largest absolute Gasteiger partial charge is 0.473 e. The van der Waals surface area contributed by atoms with E-state index in [1.54, 1.807) is 0 Å². The molecule has 1 aliphatic carbocycles. The maximum atomic E-state index is 9.15. The lowest BCUT2D eigenvalue weighted by molar-refractivity contribution is -0.110. The molecule has 0 atom stereocenters. The molecule has 1 aromatic heterocycles. The predicted molar refractivity (Wildman–Crippen MR) is 97.8 cm³/mol. The molecule has 1 saturated carbocycles. The first kappa shape index (κ1) is 18.7. The van der Waals surface area contributed by atoms with Gasteiger partial charge in [0.15, 0.2) is 0 Å². The molecule has 1 fully saturated rings. The van der Waals surface area contributed by atoms with Crippen molar-refractivity contribution in [3.05, 3.63) is 53.2 Å². The molecule has 0 saturated heterocycles. The van der Waals surface area contributed by atoms with Crippen molar-refractivity contribution in [2.45, 2.75) is 32.3 Å². The van der Waals surface area contributed by atoms with E-state index in [2.05, 4.69) is 47.3 Å². The van der Waals surface area contributed by atoms with Gasteiger partial charge in [-0.1, -0.05) is 18.2 Å². The maximum absolute atomic E-state index is 9.15. The number of hydrogen-bond donors (Lipinski definition) is 4. The molecular formula is C18H25N5O2. The molecule has 1 aromatic carbocycles. The Kier molecular flexibility index (Phi) is 7.18. The predicted octanol–water partition coefficient (Wildman–Crippen LogP) is 2.00. The molecule has 25 heavy (non-hydrogen) atoms. The lowest BCUT2D eigenvalue weighted by Crippen LogP contribution is -2.36. The zero-order chi connectivity index (χ0) is 18.1. The Bertz CT molecular complexity index is 689. The third kappa shape index (κ3) is 5.74. The number of aryl methyl sites for hydroxylation is 1. The molecule has 3 rings (SSSR count). The third-order valence-corrected chi connectivity index (χ3v) is 3.93. The minimum absolute atomic E-state index is 0.444. The van der Waals surface area contributed by atoms with Gasteiger partial charge in [-0.2, -0.15) is 5.53 Å². The third-order valence-electron chi connectivity index (χ3n) is 3.93. The quantitative estimate of drug-likeness (QED) is 0.348. The number of nitrogens with two attached hydrogens (primary N) is 1. The van der Waals surface area contributed by atoms with Crippen LogP contribution in [0.25, 0.3) is 0 Å². The van der Waals surface area contributed by atoms with Crippen molar-refractivity contribution in [3.63, 3.8) is 0 Å². The standard InChI is InChI=1S/C17H20N2O.CH5N3O/c1-12-5-3-7-16(18-2)14(12)11-20-17-8-4-6-15(19-17)13-9-10-13;2-4-3-1-5/h3-8,13,18H,9-11H2,1-2H3;1,4H,2H2,(H,3,5). The number of hydrogen-bond acceptors (Lipinski definition) is 6. The van der Waals surface area contributed by atoms with Crippen LogP contribution >= 0.6 is 0 Å². The van der Waals surface area contributed by atoms with Crippen molar-refractivity contribution < 1.29 is 9.53 Å². The molecule has 7 heteroatoms. The first-order valence-corrected chi connectivity index (χ1v) is 8.20. The number of ether oxygens (including phenoxy) is 1. The molecule has 0 unspecified atom stereocenters. The van der Waals surface area contributed by atoms with Crippen LogP contribution in [0.1, 0.15) is 35.6 Å². The van der Waals surface area contributed by atoms with E-state index in [-0.39, 0.29) is 0 Å². The van der Waals surface area contributed by atoms with E-state index in [1.165, 1.54) is 29.7 Å². The van der Waals surface area contributed by atoms with E-state index in [0.29, 0.717) is 18.9 Å². The number of aromatic nitrogens is 1. The average Bonchev–Trinajstić information content (AvgIpc) is 3.47. The van der Waals surface area contributed by atoms with Crippen LogP contribution in [-0.2, 0) is 11.4 Å². The average molecular weight is 343 g/mol. The monoisotopic (exact) mass is 343 g/mol. The summed E-state index contributed by atoms with van der Waals surface area (Å²) in [6, 6.07) is 12.3. The second kappa shape index (κ2) is 9.61. The Balaban J connectivity index is 0.000000399. The zero-order valence-corrected chi connectivity index (χ0v) is 14.6. The Labute approximate surface area is 147 Å². The molecule has 0 bridgehead atoms. The summed E-state index contributed by atoms with van der Waals surface area (Å²) in [5.74, 6) is 5.93. The number of nitrogens with zero attached hydrogens (tertiary/aromatic N) is 1. The fourth-order valence-corrected chi connectivity index (χ4v) is 2.43. The van der Waals surface area contributed by atoms with Crippen LogP contribution in [0.4, 0.5) is 5.69 Å². The molecule has 2 aromatic rings. The van der Waals surface area contributed by atoms with E-state index < -0.39 is 0 Å². The Hall–Kier alpha value is -2.64. The smallest absolute Gasteiger partial charge is 0.222 e. The van der Waals surface area contributed by atoms with Gasteiger partial charge < -0.3 is 10.1 Å². The van der Waals surface area contributed by atoms with Crippen molar-refractivity contribution in [2.24, 2.45) is 5.84 Å². The number of hydrazine groups is 2. The van der Waals surface area contributed by atoms with Crippen LogP contribution in [0.2, 0.25) is 0 Å². The molecule has 5 N–H and O–H groups in total. The maximum Gasteiger partial charge on any atom is 0.222 e. The molecule has 134 valence electrons. The summed E-state index contributed by atoms with van der Waals surface area (Å²) in [5, 5.41) is 3.21. The number of rotatable bonds is 7. The van der Waals surface area contributed by atoms with Gasteiger partial charge in [0.1, 0.15) is 6.61 Å². The van der Waals surface area contributed by atoms with Crippen molar-refractivity contribution in [2.75, 3.05) is 12.4 Å². The highest BCUT2D eigenvalue weighted by Crippen LogP contribution is 2.39. The normalized spacial score (nSPS) is 12.6. The lowest BCUT2D eigenvalue weighted by Gasteiger charge is -2.13. The second-order valence-electron chi connectivity index (χ2n) is 5.72. The van der Waals surface area contributed by atoms with Gasteiger partial charge in [-0.25, -0.2) is 4.98 Å². The van der Waals surface area contributed by atoms with Crippen LogP contribution in [0.15, 0.2) is 36.4 Å². The Morgan fingerprint density at radius 3 is 2.64 bits per heavy atom. The molecule has 1 aliphatic rings. The molecule has 1 amide bonds. The van der Waals surface area contributed by atoms with Crippen molar-refractivity contribution >= 4 is 12.1 Å². The summed E-state index contributed by atoms with van der Waals surface area (Å²) in [4.78, 5) is 13.7. The van der Waals surface area contributed by atoms with Gasteiger partial charge in [-0.3, -0.25) is 16.1 Å². The number of amides is 1. The van der Waals surface area contributed by atoms with Gasteiger partial charge in [0.2, 0.25) is 12.3 Å². The summed E-state index contributed by atoms with van der Waals surface area (Å²) in [5.41, 5.74) is 8.56. The summed E-state index contributed by atoms with van der Waals surface area (Å²) in [6.07, 6.45) is 2.97. The van der Waals surface area contributed by atoms with Crippen LogP contribution in [0.5, 0.6) is 5.88 Å². The highest BCUT2D eigenvalue weighted by molar-refractivity contribution is 5.53. The number of carbonyl (C=O) groups excluding carboxylic acids is 1. The molecular weight excluding hydrogens is 318 g/mol. The second-order valence-corrected chi connectivity index (χ2v) is 5.72. The van der Waals surface area contributed by atoms with Crippen molar-refractivity contribution in [3.8, 4) is 5.88 Å². The summed E-state index contributed by atoms with van der Waals surface area (Å²) in [7, 11) is 1.93. The van der Waals surface area contributed by atoms with Gasteiger partial charge in [0.05, 0.1) is 0 Å².